The van der Waals surface area contributed by atoms with E-state index < -0.39 is 0 Å². The zero-order chi connectivity index (χ0) is 21.4. The Morgan fingerprint density at radius 2 is 1.84 bits per heavy atom. The molecule has 0 saturated carbocycles. The van der Waals surface area contributed by atoms with Gasteiger partial charge in [-0.3, -0.25) is 9.80 Å². The van der Waals surface area contributed by atoms with Gasteiger partial charge in [-0.05, 0) is 61.9 Å². The maximum Gasteiger partial charge on any atom is 0.164 e. The highest BCUT2D eigenvalue weighted by Crippen LogP contribution is 2.39. The van der Waals surface area contributed by atoms with Crippen molar-refractivity contribution in [1.29, 1.82) is 0 Å². The molecule has 1 fully saturated rings. The van der Waals surface area contributed by atoms with Crippen LogP contribution >= 0.6 is 0 Å². The van der Waals surface area contributed by atoms with Crippen molar-refractivity contribution in [1.82, 2.24) is 24.6 Å². The smallest absolute Gasteiger partial charge is 0.164 e. The molecule has 31 heavy (non-hydrogen) atoms. The van der Waals surface area contributed by atoms with E-state index in [-0.39, 0.29) is 11.4 Å². The molecule has 1 saturated heterocycles. The van der Waals surface area contributed by atoms with E-state index in [1.54, 1.807) is 19.2 Å². The number of halogens is 1. The normalized spacial score (nSPS) is 18.8. The molecule has 0 aliphatic carbocycles. The quantitative estimate of drug-likeness (QED) is 0.645. The molecule has 0 amide bonds. The summed E-state index contributed by atoms with van der Waals surface area (Å²) in [5, 5.41) is 9.04. The minimum Gasteiger partial charge on any atom is -0.497 e. The van der Waals surface area contributed by atoms with Crippen molar-refractivity contribution in [2.45, 2.75) is 31.5 Å². The van der Waals surface area contributed by atoms with Gasteiger partial charge in [0.15, 0.2) is 5.82 Å². The van der Waals surface area contributed by atoms with Crippen LogP contribution in [0.5, 0.6) is 5.75 Å². The molecule has 162 valence electrons. The van der Waals surface area contributed by atoms with E-state index in [1.165, 1.54) is 17.7 Å². The van der Waals surface area contributed by atoms with Gasteiger partial charge in [0, 0.05) is 31.7 Å². The summed E-state index contributed by atoms with van der Waals surface area (Å²) in [6, 6.07) is 14.9. The fraction of sp³-hybridized carbons (Fsp3) is 0.417. The fourth-order valence-corrected chi connectivity index (χ4v) is 5.11. The number of aromatic nitrogens is 3. The van der Waals surface area contributed by atoms with Crippen LogP contribution in [-0.2, 0) is 18.6 Å². The van der Waals surface area contributed by atoms with Crippen molar-refractivity contribution in [3.63, 3.8) is 0 Å². The fourth-order valence-electron chi connectivity index (χ4n) is 5.11. The van der Waals surface area contributed by atoms with Crippen molar-refractivity contribution in [3.05, 3.63) is 65.7 Å². The molecule has 2 aliphatic rings. The highest BCUT2D eigenvalue weighted by Gasteiger charge is 2.43. The van der Waals surface area contributed by atoms with Gasteiger partial charge in [0.25, 0.3) is 0 Å². The molecule has 0 atom stereocenters. The van der Waals surface area contributed by atoms with Gasteiger partial charge >= 0.3 is 0 Å². The van der Waals surface area contributed by atoms with Gasteiger partial charge < -0.3 is 9.30 Å². The van der Waals surface area contributed by atoms with Gasteiger partial charge in [0.05, 0.1) is 19.2 Å². The zero-order valence-electron chi connectivity index (χ0n) is 18.1. The average molecular weight is 422 g/mol. The molecule has 5 rings (SSSR count). The van der Waals surface area contributed by atoms with E-state index in [1.807, 2.05) is 12.1 Å². The van der Waals surface area contributed by atoms with Gasteiger partial charge in [-0.15, -0.1) is 10.2 Å². The number of hydrogen-bond donors (Lipinski definition) is 0. The Balaban J connectivity index is 1.40. The first-order valence-electron chi connectivity index (χ1n) is 10.8. The number of hydrogen-bond acceptors (Lipinski definition) is 5. The molecule has 7 heteroatoms. The number of nitrogens with zero attached hydrogens (tertiary/aromatic N) is 5. The number of likely N-dealkylation sites (N-methyl/N-ethyl adjacent to an activating group) is 1. The topological polar surface area (TPSA) is 46.4 Å². The lowest BCUT2D eigenvalue weighted by Crippen LogP contribution is -2.55. The first kappa shape index (κ1) is 20.2. The van der Waals surface area contributed by atoms with Gasteiger partial charge in [-0.25, -0.2) is 4.39 Å². The van der Waals surface area contributed by atoms with Crippen molar-refractivity contribution >= 4 is 0 Å². The third kappa shape index (κ3) is 3.83. The number of benzene rings is 2. The Morgan fingerprint density at radius 1 is 1.06 bits per heavy atom. The second kappa shape index (κ2) is 8.05. The van der Waals surface area contributed by atoms with Crippen LogP contribution in [0.15, 0.2) is 48.5 Å². The summed E-state index contributed by atoms with van der Waals surface area (Å²) in [5.74, 6) is 2.51. The van der Waals surface area contributed by atoms with Gasteiger partial charge in [0.1, 0.15) is 17.4 Å². The molecule has 2 aromatic carbocycles. The monoisotopic (exact) mass is 421 g/mol. The minimum atomic E-state index is -0.234. The summed E-state index contributed by atoms with van der Waals surface area (Å²) >= 11 is 0. The minimum absolute atomic E-state index is 0.0412. The standard InChI is InChI=1S/C24H28FN5O/c1-28-16-22-26-27-23(19-6-8-20(25)9-7-19)30(22)24(17-28)10-12-29(13-11-24)15-18-4-3-5-21(14-18)31-2/h3-9,14H,10-13,15-17H2,1-2H3. The summed E-state index contributed by atoms with van der Waals surface area (Å²) < 4.78 is 21.2. The first-order chi connectivity index (χ1) is 15.1. The number of piperidine rings is 1. The molecule has 2 aliphatic heterocycles. The van der Waals surface area contributed by atoms with Crippen LogP contribution in [0, 0.1) is 5.82 Å². The maximum atomic E-state index is 13.5. The second-order valence-electron chi connectivity index (χ2n) is 8.81. The Hall–Kier alpha value is -2.77. The summed E-state index contributed by atoms with van der Waals surface area (Å²) in [6.07, 6.45) is 2.06. The predicted octanol–water partition coefficient (Wildman–Crippen LogP) is 3.53. The predicted molar refractivity (Wildman–Crippen MR) is 117 cm³/mol. The third-order valence-electron chi connectivity index (χ3n) is 6.61. The number of fused-ring (bicyclic) bond motifs is 2. The molecular formula is C24H28FN5O. The molecule has 3 heterocycles. The van der Waals surface area contributed by atoms with E-state index in [0.29, 0.717) is 0 Å². The molecule has 0 unspecified atom stereocenters. The third-order valence-corrected chi connectivity index (χ3v) is 6.61. The lowest BCUT2D eigenvalue weighted by atomic mass is 9.84. The Labute approximate surface area is 182 Å². The van der Waals surface area contributed by atoms with E-state index in [2.05, 4.69) is 43.7 Å². The molecule has 0 N–H and O–H groups in total. The van der Waals surface area contributed by atoms with Crippen LogP contribution in [0.1, 0.15) is 24.2 Å². The van der Waals surface area contributed by atoms with Crippen molar-refractivity contribution in [3.8, 4) is 17.1 Å². The van der Waals surface area contributed by atoms with Crippen LogP contribution in [0.4, 0.5) is 4.39 Å². The molecule has 1 aromatic heterocycles. The van der Waals surface area contributed by atoms with E-state index >= 15 is 0 Å². The van der Waals surface area contributed by atoms with E-state index in [4.69, 9.17) is 4.74 Å². The SMILES string of the molecule is COc1cccc(CN2CCC3(CC2)CN(C)Cc2nnc(-c4ccc(F)cc4)n23)c1. The number of methoxy groups -OCH3 is 1. The lowest BCUT2D eigenvalue weighted by Gasteiger charge is -2.48. The van der Waals surface area contributed by atoms with Gasteiger partial charge in [-0.1, -0.05) is 12.1 Å². The number of likely N-dealkylation sites (tertiary alicyclic amines) is 1. The highest BCUT2D eigenvalue weighted by molar-refractivity contribution is 5.56. The summed E-state index contributed by atoms with van der Waals surface area (Å²) in [5.41, 5.74) is 2.15. The molecule has 6 nitrogen and oxygen atoms in total. The van der Waals surface area contributed by atoms with Crippen LogP contribution < -0.4 is 4.74 Å². The number of rotatable bonds is 4. The molecule has 0 bridgehead atoms. The van der Waals surface area contributed by atoms with Crippen LogP contribution in [0.3, 0.4) is 0 Å². The van der Waals surface area contributed by atoms with E-state index in [0.717, 1.165) is 68.5 Å². The second-order valence-corrected chi connectivity index (χ2v) is 8.81. The zero-order valence-corrected chi connectivity index (χ0v) is 18.1. The Kier molecular flexibility index (Phi) is 5.24. The highest BCUT2D eigenvalue weighted by atomic mass is 19.1. The molecular weight excluding hydrogens is 393 g/mol. The Bertz CT molecular complexity index is 1060. The first-order valence-corrected chi connectivity index (χ1v) is 10.8. The van der Waals surface area contributed by atoms with E-state index in [9.17, 15) is 4.39 Å². The molecule has 1 spiro atoms. The van der Waals surface area contributed by atoms with Gasteiger partial charge in [-0.2, -0.15) is 0 Å². The van der Waals surface area contributed by atoms with Crippen LogP contribution in [0.2, 0.25) is 0 Å². The summed E-state index contributed by atoms with van der Waals surface area (Å²) in [6.45, 7) is 4.68. The largest absolute Gasteiger partial charge is 0.497 e. The Morgan fingerprint density at radius 3 is 2.58 bits per heavy atom. The van der Waals surface area contributed by atoms with Crippen LogP contribution in [-0.4, -0.2) is 58.4 Å². The lowest BCUT2D eigenvalue weighted by molar-refractivity contribution is 0.0490. The maximum absolute atomic E-state index is 13.5. The van der Waals surface area contributed by atoms with Gasteiger partial charge in [0.2, 0.25) is 0 Å². The summed E-state index contributed by atoms with van der Waals surface area (Å²) in [7, 11) is 3.86. The van der Waals surface area contributed by atoms with Crippen molar-refractivity contribution in [2.24, 2.45) is 0 Å². The summed E-state index contributed by atoms with van der Waals surface area (Å²) in [4.78, 5) is 4.85. The molecule has 0 radical (unpaired) electrons. The molecule has 3 aromatic rings. The van der Waals surface area contributed by atoms with Crippen molar-refractivity contribution in [2.75, 3.05) is 33.8 Å². The van der Waals surface area contributed by atoms with Crippen molar-refractivity contribution < 1.29 is 9.13 Å². The number of ether oxygens (including phenoxy) is 1. The average Bonchev–Trinajstić information content (AvgIpc) is 3.21. The van der Waals surface area contributed by atoms with Crippen LogP contribution in [0.25, 0.3) is 11.4 Å².